The molecule has 0 saturated carbocycles. The van der Waals surface area contributed by atoms with Crippen LogP contribution in [0.4, 0.5) is 5.82 Å². The molecule has 1 aromatic carbocycles. The normalized spacial score (nSPS) is 16.0. The topological polar surface area (TPSA) is 77.2 Å². The van der Waals surface area contributed by atoms with Crippen molar-refractivity contribution in [3.63, 3.8) is 0 Å². The van der Waals surface area contributed by atoms with E-state index < -0.39 is 0 Å². The number of hydrogen-bond donors (Lipinski definition) is 2. The maximum absolute atomic E-state index is 12.4. The monoisotopic (exact) mass is 285 g/mol. The van der Waals surface area contributed by atoms with Crippen LogP contribution in [0.15, 0.2) is 30.3 Å². The third-order valence-electron chi connectivity index (χ3n) is 3.87. The van der Waals surface area contributed by atoms with E-state index in [1.165, 1.54) is 0 Å². The Morgan fingerprint density at radius 1 is 1.33 bits per heavy atom. The van der Waals surface area contributed by atoms with Crippen LogP contribution in [0.2, 0.25) is 0 Å². The Labute approximate surface area is 123 Å². The Kier molecular flexibility index (Phi) is 4.01. The molecule has 1 aromatic heterocycles. The first kappa shape index (κ1) is 13.8. The Morgan fingerprint density at radius 2 is 2.10 bits per heavy atom. The maximum atomic E-state index is 12.4. The van der Waals surface area contributed by atoms with E-state index in [-0.39, 0.29) is 5.91 Å². The lowest BCUT2D eigenvalue weighted by Gasteiger charge is -2.22. The number of fused-ring (bicyclic) bond motifs is 1. The van der Waals surface area contributed by atoms with Gasteiger partial charge in [0.25, 0.3) is 5.91 Å². The Morgan fingerprint density at radius 3 is 2.90 bits per heavy atom. The number of carbonyl (C=O) groups excluding carboxylic acids is 1. The van der Waals surface area contributed by atoms with Gasteiger partial charge in [-0.05, 0) is 30.9 Å². The summed E-state index contributed by atoms with van der Waals surface area (Å²) in [7, 11) is 0. The molecule has 5 nitrogen and oxygen atoms in total. The van der Waals surface area contributed by atoms with Crippen LogP contribution in [0.1, 0.15) is 23.2 Å². The lowest BCUT2D eigenvalue weighted by atomic mass is 10.00. The van der Waals surface area contributed by atoms with E-state index in [1.807, 2.05) is 24.3 Å². The second kappa shape index (κ2) is 6.10. The highest BCUT2D eigenvalue weighted by Gasteiger charge is 2.17. The highest BCUT2D eigenvalue weighted by molar-refractivity contribution is 6.06. The van der Waals surface area contributed by atoms with Crippen molar-refractivity contribution in [1.82, 2.24) is 10.3 Å². The van der Waals surface area contributed by atoms with Crippen molar-refractivity contribution < 1.29 is 9.53 Å². The second-order valence-electron chi connectivity index (χ2n) is 5.38. The zero-order valence-corrected chi connectivity index (χ0v) is 11.8. The molecule has 3 rings (SSSR count). The van der Waals surface area contributed by atoms with Crippen molar-refractivity contribution in [2.45, 2.75) is 12.8 Å². The number of hydrogen-bond acceptors (Lipinski definition) is 4. The number of carbonyl (C=O) groups is 1. The minimum atomic E-state index is -0.0909. The highest BCUT2D eigenvalue weighted by atomic mass is 16.5. The van der Waals surface area contributed by atoms with Crippen LogP contribution in [-0.2, 0) is 4.74 Å². The van der Waals surface area contributed by atoms with Crippen molar-refractivity contribution in [1.29, 1.82) is 0 Å². The Hall–Kier alpha value is -2.14. The van der Waals surface area contributed by atoms with Crippen LogP contribution in [0.3, 0.4) is 0 Å². The predicted octanol–water partition coefficient (Wildman–Crippen LogP) is 1.97. The van der Waals surface area contributed by atoms with Gasteiger partial charge in [-0.15, -0.1) is 0 Å². The van der Waals surface area contributed by atoms with E-state index in [0.29, 0.717) is 23.8 Å². The molecule has 1 fully saturated rings. The van der Waals surface area contributed by atoms with Gasteiger partial charge in [-0.25, -0.2) is 4.98 Å². The molecule has 3 N–H and O–H groups in total. The molecular formula is C16H19N3O2. The second-order valence-corrected chi connectivity index (χ2v) is 5.38. The number of nitrogen functional groups attached to an aromatic ring is 1. The summed E-state index contributed by atoms with van der Waals surface area (Å²) in [6.07, 6.45) is 2.00. The summed E-state index contributed by atoms with van der Waals surface area (Å²) in [4.78, 5) is 16.7. The van der Waals surface area contributed by atoms with Crippen LogP contribution in [0.5, 0.6) is 0 Å². The van der Waals surface area contributed by atoms with Crippen LogP contribution in [0.25, 0.3) is 10.9 Å². The number of benzene rings is 1. The van der Waals surface area contributed by atoms with Crippen molar-refractivity contribution in [3.05, 3.63) is 35.9 Å². The van der Waals surface area contributed by atoms with Crippen molar-refractivity contribution in [3.8, 4) is 0 Å². The first-order chi connectivity index (χ1) is 10.2. The summed E-state index contributed by atoms with van der Waals surface area (Å²) < 4.78 is 5.33. The number of rotatable bonds is 3. The van der Waals surface area contributed by atoms with Gasteiger partial charge < -0.3 is 15.8 Å². The average Bonchev–Trinajstić information content (AvgIpc) is 2.52. The molecule has 2 heterocycles. The van der Waals surface area contributed by atoms with Gasteiger partial charge in [0.15, 0.2) is 0 Å². The van der Waals surface area contributed by atoms with Crippen molar-refractivity contribution >= 4 is 22.6 Å². The fourth-order valence-electron chi connectivity index (χ4n) is 2.67. The van der Waals surface area contributed by atoms with E-state index in [0.717, 1.165) is 37.0 Å². The molecule has 5 heteroatoms. The number of nitrogens with one attached hydrogen (secondary N) is 1. The number of aromatic nitrogens is 1. The van der Waals surface area contributed by atoms with Crippen LogP contribution >= 0.6 is 0 Å². The van der Waals surface area contributed by atoms with E-state index >= 15 is 0 Å². The summed E-state index contributed by atoms with van der Waals surface area (Å²) in [5, 5.41) is 3.84. The number of ether oxygens (including phenoxy) is 1. The standard InChI is InChI=1S/C16H19N3O2/c17-15-9-13(12-3-1-2-4-14(12)19-15)16(20)18-10-11-5-7-21-8-6-11/h1-4,9,11H,5-8,10H2,(H2,17,19)(H,18,20). The smallest absolute Gasteiger partial charge is 0.252 e. The first-order valence-corrected chi connectivity index (χ1v) is 7.25. The zero-order valence-electron chi connectivity index (χ0n) is 11.8. The average molecular weight is 285 g/mol. The molecule has 0 atom stereocenters. The number of anilines is 1. The third-order valence-corrected chi connectivity index (χ3v) is 3.87. The van der Waals surface area contributed by atoms with Gasteiger partial charge >= 0.3 is 0 Å². The van der Waals surface area contributed by atoms with Gasteiger partial charge in [0, 0.05) is 25.1 Å². The van der Waals surface area contributed by atoms with Gasteiger partial charge in [0.1, 0.15) is 5.82 Å². The molecule has 110 valence electrons. The lowest BCUT2D eigenvalue weighted by Crippen LogP contribution is -2.32. The molecule has 0 bridgehead atoms. The van der Waals surface area contributed by atoms with Gasteiger partial charge in [-0.2, -0.15) is 0 Å². The van der Waals surface area contributed by atoms with E-state index in [1.54, 1.807) is 6.07 Å². The molecular weight excluding hydrogens is 266 g/mol. The number of nitrogens with two attached hydrogens (primary N) is 1. The largest absolute Gasteiger partial charge is 0.384 e. The molecule has 0 spiro atoms. The van der Waals surface area contributed by atoms with Gasteiger partial charge in [-0.1, -0.05) is 18.2 Å². The molecule has 0 unspecified atom stereocenters. The number of nitrogens with zero attached hydrogens (tertiary/aromatic N) is 1. The quantitative estimate of drug-likeness (QED) is 0.904. The molecule has 1 aliphatic heterocycles. The van der Waals surface area contributed by atoms with Crippen LogP contribution in [0, 0.1) is 5.92 Å². The minimum absolute atomic E-state index is 0.0909. The van der Waals surface area contributed by atoms with Crippen LogP contribution in [-0.4, -0.2) is 30.6 Å². The van der Waals surface area contributed by atoms with Gasteiger partial charge in [-0.3, -0.25) is 4.79 Å². The number of para-hydroxylation sites is 1. The van der Waals surface area contributed by atoms with E-state index in [9.17, 15) is 4.79 Å². The minimum Gasteiger partial charge on any atom is -0.384 e. The van der Waals surface area contributed by atoms with Gasteiger partial charge in [0.05, 0.1) is 11.1 Å². The summed E-state index contributed by atoms with van der Waals surface area (Å²) in [6, 6.07) is 9.18. The predicted molar refractivity (Wildman–Crippen MR) is 82.0 cm³/mol. The number of pyridine rings is 1. The molecule has 21 heavy (non-hydrogen) atoms. The molecule has 0 aliphatic carbocycles. The van der Waals surface area contributed by atoms with Crippen molar-refractivity contribution in [2.75, 3.05) is 25.5 Å². The summed E-state index contributed by atoms with van der Waals surface area (Å²) in [5.74, 6) is 0.768. The Balaban J connectivity index is 1.77. The molecule has 1 aliphatic rings. The van der Waals surface area contributed by atoms with E-state index in [4.69, 9.17) is 10.5 Å². The maximum Gasteiger partial charge on any atom is 0.252 e. The Bertz CT molecular complexity index is 651. The fourth-order valence-corrected chi connectivity index (χ4v) is 2.67. The zero-order chi connectivity index (χ0) is 14.7. The molecule has 1 saturated heterocycles. The molecule has 1 amide bonds. The number of amides is 1. The summed E-state index contributed by atoms with van der Waals surface area (Å²) in [5.41, 5.74) is 7.13. The van der Waals surface area contributed by atoms with Crippen LogP contribution < -0.4 is 11.1 Å². The molecule has 2 aromatic rings. The fraction of sp³-hybridized carbons (Fsp3) is 0.375. The molecule has 0 radical (unpaired) electrons. The van der Waals surface area contributed by atoms with Crippen molar-refractivity contribution in [2.24, 2.45) is 5.92 Å². The third kappa shape index (κ3) is 3.13. The van der Waals surface area contributed by atoms with E-state index in [2.05, 4.69) is 10.3 Å². The first-order valence-electron chi connectivity index (χ1n) is 7.25. The van der Waals surface area contributed by atoms with Gasteiger partial charge in [0.2, 0.25) is 0 Å². The summed E-state index contributed by atoms with van der Waals surface area (Å²) >= 11 is 0. The lowest BCUT2D eigenvalue weighted by molar-refractivity contribution is 0.0643. The summed E-state index contributed by atoms with van der Waals surface area (Å²) in [6.45, 7) is 2.25. The highest BCUT2D eigenvalue weighted by Crippen LogP contribution is 2.20. The SMILES string of the molecule is Nc1cc(C(=O)NCC2CCOCC2)c2ccccc2n1.